The molecule has 1 heterocycles. The smallest absolute Gasteiger partial charge is 0.323 e. The van der Waals surface area contributed by atoms with Crippen LogP contribution in [-0.4, -0.2) is 44.3 Å². The van der Waals surface area contributed by atoms with Crippen molar-refractivity contribution in [3.63, 3.8) is 0 Å². The number of aliphatic carboxylic acids is 1. The number of carboxylic acid groups (broad SMARTS) is 1. The number of halogens is 1. The third-order valence-electron chi connectivity index (χ3n) is 3.75. The minimum atomic E-state index is -1.04. The van der Waals surface area contributed by atoms with Crippen molar-refractivity contribution in [3.05, 3.63) is 47.5 Å². The van der Waals surface area contributed by atoms with Gasteiger partial charge in [-0.3, -0.25) is 9.59 Å². The molecule has 120 valence electrons. The van der Waals surface area contributed by atoms with Gasteiger partial charge in [0.15, 0.2) is 5.69 Å². The van der Waals surface area contributed by atoms with Gasteiger partial charge in [0.05, 0.1) is 5.69 Å². The molecule has 1 fully saturated rings. The number of benzene rings is 1. The van der Waals surface area contributed by atoms with Gasteiger partial charge in [0, 0.05) is 17.8 Å². The van der Waals surface area contributed by atoms with E-state index in [4.69, 9.17) is 5.11 Å². The number of aryl methyl sites for hydroxylation is 1. The number of aromatic nitrogens is 2. The Kier molecular flexibility index (Phi) is 3.85. The lowest BCUT2D eigenvalue weighted by atomic mass is 10.2. The summed E-state index contributed by atoms with van der Waals surface area (Å²) in [5.74, 6) is -1.77. The van der Waals surface area contributed by atoms with Gasteiger partial charge in [-0.05, 0) is 44.0 Å². The summed E-state index contributed by atoms with van der Waals surface area (Å²) >= 11 is 0. The highest BCUT2D eigenvalue weighted by Gasteiger charge is 2.35. The van der Waals surface area contributed by atoms with Crippen LogP contribution in [0, 0.1) is 12.7 Å². The van der Waals surface area contributed by atoms with Gasteiger partial charge in [-0.25, -0.2) is 9.07 Å². The van der Waals surface area contributed by atoms with Gasteiger partial charge in [-0.15, -0.1) is 0 Å². The lowest BCUT2D eigenvalue weighted by Gasteiger charge is -2.19. The Morgan fingerprint density at radius 1 is 1.35 bits per heavy atom. The number of hydrogen-bond donors (Lipinski definition) is 1. The third kappa shape index (κ3) is 3.23. The predicted molar refractivity (Wildman–Crippen MR) is 80.0 cm³/mol. The summed E-state index contributed by atoms with van der Waals surface area (Å²) in [7, 11) is 0. The summed E-state index contributed by atoms with van der Waals surface area (Å²) in [5.41, 5.74) is 1.50. The van der Waals surface area contributed by atoms with Crippen molar-refractivity contribution in [2.24, 2.45) is 0 Å². The van der Waals surface area contributed by atoms with Crippen LogP contribution in [0.4, 0.5) is 4.39 Å². The summed E-state index contributed by atoms with van der Waals surface area (Å²) in [6.45, 7) is 1.42. The molecule has 0 spiro atoms. The second kappa shape index (κ2) is 5.83. The molecule has 1 aromatic carbocycles. The van der Waals surface area contributed by atoms with Crippen molar-refractivity contribution in [1.82, 2.24) is 14.7 Å². The second-order valence-electron chi connectivity index (χ2n) is 5.64. The molecule has 3 rings (SSSR count). The van der Waals surface area contributed by atoms with E-state index < -0.39 is 5.97 Å². The Hall–Kier alpha value is -2.70. The Morgan fingerprint density at radius 3 is 2.57 bits per heavy atom. The van der Waals surface area contributed by atoms with Crippen molar-refractivity contribution in [2.75, 3.05) is 6.54 Å². The summed E-state index contributed by atoms with van der Waals surface area (Å²) in [6, 6.07) is 5.73. The first-order valence-electron chi connectivity index (χ1n) is 7.30. The highest BCUT2D eigenvalue weighted by Crippen LogP contribution is 2.28. The second-order valence-corrected chi connectivity index (χ2v) is 5.64. The van der Waals surface area contributed by atoms with Gasteiger partial charge in [0.1, 0.15) is 12.4 Å². The van der Waals surface area contributed by atoms with E-state index in [-0.39, 0.29) is 30.0 Å². The van der Waals surface area contributed by atoms with Crippen LogP contribution in [0.5, 0.6) is 0 Å². The maximum Gasteiger partial charge on any atom is 0.323 e. The third-order valence-corrected chi connectivity index (χ3v) is 3.75. The number of carbonyl (C=O) groups is 2. The highest BCUT2D eigenvalue weighted by atomic mass is 19.1. The molecule has 2 aromatic rings. The molecule has 0 radical (unpaired) electrons. The number of rotatable bonds is 5. The lowest BCUT2D eigenvalue weighted by molar-refractivity contribution is -0.137. The normalized spacial score (nSPS) is 13.8. The zero-order valence-corrected chi connectivity index (χ0v) is 12.6. The first-order valence-corrected chi connectivity index (χ1v) is 7.30. The van der Waals surface area contributed by atoms with Crippen molar-refractivity contribution in [1.29, 1.82) is 0 Å². The van der Waals surface area contributed by atoms with E-state index in [2.05, 4.69) is 5.10 Å². The van der Waals surface area contributed by atoms with E-state index in [0.717, 1.165) is 12.8 Å². The average Bonchev–Trinajstić information content (AvgIpc) is 3.27. The van der Waals surface area contributed by atoms with Crippen molar-refractivity contribution in [3.8, 4) is 5.69 Å². The van der Waals surface area contributed by atoms with Crippen molar-refractivity contribution < 1.29 is 19.1 Å². The van der Waals surface area contributed by atoms with Crippen LogP contribution >= 0.6 is 0 Å². The molecule has 23 heavy (non-hydrogen) atoms. The molecule has 0 saturated heterocycles. The lowest BCUT2D eigenvalue weighted by Crippen LogP contribution is -2.38. The first kappa shape index (κ1) is 15.2. The molecule has 1 aliphatic carbocycles. The van der Waals surface area contributed by atoms with Gasteiger partial charge in [-0.1, -0.05) is 0 Å². The number of nitrogens with zero attached hydrogens (tertiary/aromatic N) is 3. The molecule has 0 bridgehead atoms. The maximum atomic E-state index is 13.0. The minimum Gasteiger partial charge on any atom is -0.480 e. The molecule has 1 saturated carbocycles. The van der Waals surface area contributed by atoms with Gasteiger partial charge in [-0.2, -0.15) is 5.10 Å². The SMILES string of the molecule is Cc1cn(-c2ccc(F)cc2)nc1C(=O)N(CC(=O)O)C1CC1. The number of amides is 1. The van der Waals surface area contributed by atoms with Crippen LogP contribution in [0.15, 0.2) is 30.5 Å². The van der Waals surface area contributed by atoms with E-state index >= 15 is 0 Å². The zero-order valence-electron chi connectivity index (χ0n) is 12.6. The molecule has 1 aromatic heterocycles. The summed E-state index contributed by atoms with van der Waals surface area (Å²) < 4.78 is 14.5. The van der Waals surface area contributed by atoms with E-state index in [1.807, 2.05) is 0 Å². The monoisotopic (exact) mass is 317 g/mol. The summed E-state index contributed by atoms with van der Waals surface area (Å²) in [5, 5.41) is 13.2. The fourth-order valence-corrected chi connectivity index (χ4v) is 2.43. The van der Waals surface area contributed by atoms with Gasteiger partial charge >= 0.3 is 5.97 Å². The van der Waals surface area contributed by atoms with E-state index in [1.165, 1.54) is 21.7 Å². The minimum absolute atomic E-state index is 0.0195. The summed E-state index contributed by atoms with van der Waals surface area (Å²) in [4.78, 5) is 24.9. The summed E-state index contributed by atoms with van der Waals surface area (Å²) in [6.07, 6.45) is 3.31. The number of carbonyl (C=O) groups excluding carboxylic acids is 1. The molecule has 0 atom stereocenters. The van der Waals surface area contributed by atoms with Crippen LogP contribution in [0.1, 0.15) is 28.9 Å². The molecule has 1 aliphatic rings. The standard InChI is InChI=1S/C16H16FN3O3/c1-10-8-20(13-4-2-11(17)3-5-13)18-15(10)16(23)19(9-14(21)22)12-6-7-12/h2-5,8,12H,6-7,9H2,1H3,(H,21,22). The Morgan fingerprint density at radius 2 is 2.00 bits per heavy atom. The van der Waals surface area contributed by atoms with Crippen molar-refractivity contribution in [2.45, 2.75) is 25.8 Å². The molecule has 0 unspecified atom stereocenters. The molecule has 6 nitrogen and oxygen atoms in total. The topological polar surface area (TPSA) is 75.4 Å². The largest absolute Gasteiger partial charge is 0.480 e. The van der Waals surface area contributed by atoms with E-state index in [0.29, 0.717) is 11.3 Å². The Labute approximate surface area is 132 Å². The molecular weight excluding hydrogens is 301 g/mol. The molecule has 1 N–H and O–H groups in total. The Bertz CT molecular complexity index is 750. The van der Waals surface area contributed by atoms with Crippen LogP contribution in [0.3, 0.4) is 0 Å². The van der Waals surface area contributed by atoms with Gasteiger partial charge in [0.2, 0.25) is 0 Å². The maximum absolute atomic E-state index is 13.0. The quantitative estimate of drug-likeness (QED) is 0.915. The van der Waals surface area contributed by atoms with Crippen LogP contribution in [0.2, 0.25) is 0 Å². The molecule has 1 amide bonds. The first-order chi connectivity index (χ1) is 11.0. The zero-order chi connectivity index (χ0) is 16.6. The van der Waals surface area contributed by atoms with Crippen LogP contribution < -0.4 is 0 Å². The molecule has 7 heteroatoms. The fourth-order valence-electron chi connectivity index (χ4n) is 2.43. The van der Waals surface area contributed by atoms with Gasteiger partial charge < -0.3 is 10.0 Å². The number of hydrogen-bond acceptors (Lipinski definition) is 3. The van der Waals surface area contributed by atoms with Crippen molar-refractivity contribution >= 4 is 11.9 Å². The van der Waals surface area contributed by atoms with E-state index in [9.17, 15) is 14.0 Å². The highest BCUT2D eigenvalue weighted by molar-refractivity contribution is 5.95. The van der Waals surface area contributed by atoms with E-state index in [1.54, 1.807) is 25.3 Å². The van der Waals surface area contributed by atoms with Gasteiger partial charge in [0.25, 0.3) is 5.91 Å². The fraction of sp³-hybridized carbons (Fsp3) is 0.312. The average molecular weight is 317 g/mol. The number of carboxylic acids is 1. The molecular formula is C16H16FN3O3. The van der Waals surface area contributed by atoms with Crippen LogP contribution in [0.25, 0.3) is 5.69 Å². The van der Waals surface area contributed by atoms with Crippen LogP contribution in [-0.2, 0) is 4.79 Å². The Balaban J connectivity index is 1.89. The molecule has 0 aliphatic heterocycles. The predicted octanol–water partition coefficient (Wildman–Crippen LogP) is 2.01.